The molecule has 0 amide bonds. The monoisotopic (exact) mass is 388 g/mol. The topological polar surface area (TPSA) is 125 Å². The molecule has 0 spiro atoms. The SMILES string of the molecule is COC(=O)C1=C(C=O)NC(C)=C(C(=O)OC(C)C)C1c1ccccc1[N+](=O)[O-]. The van der Waals surface area contributed by atoms with E-state index >= 15 is 0 Å². The summed E-state index contributed by atoms with van der Waals surface area (Å²) in [6, 6.07) is 5.69. The number of ether oxygens (including phenoxy) is 2. The van der Waals surface area contributed by atoms with Gasteiger partial charge in [-0.3, -0.25) is 14.9 Å². The summed E-state index contributed by atoms with van der Waals surface area (Å²) in [7, 11) is 1.12. The number of carbonyl (C=O) groups excluding carboxylic acids is 3. The van der Waals surface area contributed by atoms with E-state index in [4.69, 9.17) is 9.47 Å². The van der Waals surface area contributed by atoms with Crippen LogP contribution in [-0.4, -0.2) is 36.4 Å². The summed E-state index contributed by atoms with van der Waals surface area (Å²) in [6.07, 6.45) is -0.0560. The van der Waals surface area contributed by atoms with Crippen LogP contribution in [0.5, 0.6) is 0 Å². The number of nitro groups is 1. The van der Waals surface area contributed by atoms with E-state index in [2.05, 4.69) is 5.32 Å². The van der Waals surface area contributed by atoms with E-state index in [1.165, 1.54) is 25.1 Å². The molecule has 2 rings (SSSR count). The number of carbonyl (C=O) groups is 3. The molecule has 0 bridgehead atoms. The number of hydrogen-bond donors (Lipinski definition) is 1. The van der Waals surface area contributed by atoms with Crippen molar-refractivity contribution in [3.8, 4) is 0 Å². The molecule has 28 heavy (non-hydrogen) atoms. The van der Waals surface area contributed by atoms with Gasteiger partial charge in [0.15, 0.2) is 6.29 Å². The number of aldehydes is 1. The van der Waals surface area contributed by atoms with Gasteiger partial charge in [0.2, 0.25) is 0 Å². The number of allylic oxidation sites excluding steroid dienone is 2. The van der Waals surface area contributed by atoms with Gasteiger partial charge < -0.3 is 14.8 Å². The molecular weight excluding hydrogens is 368 g/mol. The molecule has 1 unspecified atom stereocenters. The van der Waals surface area contributed by atoms with E-state index in [-0.39, 0.29) is 33.8 Å². The molecule has 0 aromatic heterocycles. The number of nitrogens with one attached hydrogen (secondary N) is 1. The second kappa shape index (κ2) is 8.47. The number of rotatable bonds is 6. The molecule has 0 saturated carbocycles. The van der Waals surface area contributed by atoms with Gasteiger partial charge in [0, 0.05) is 17.3 Å². The summed E-state index contributed by atoms with van der Waals surface area (Å²) in [5.41, 5.74) is -0.313. The third kappa shape index (κ3) is 3.93. The standard InChI is InChI=1S/C19H20N2O7/c1-10(2)28-19(24)15-11(3)20-13(9-22)17(18(23)27-4)16(15)12-7-5-6-8-14(12)21(25)26/h5-10,16,20H,1-4H3. The minimum absolute atomic E-state index is 0.00556. The van der Waals surface area contributed by atoms with Crippen LogP contribution in [0.4, 0.5) is 5.69 Å². The average molecular weight is 388 g/mol. The fourth-order valence-electron chi connectivity index (χ4n) is 3.04. The van der Waals surface area contributed by atoms with E-state index < -0.39 is 28.9 Å². The van der Waals surface area contributed by atoms with Crippen LogP contribution in [-0.2, 0) is 23.9 Å². The molecule has 1 aromatic rings. The third-order valence-electron chi connectivity index (χ3n) is 4.12. The molecule has 1 aromatic carbocycles. The van der Waals surface area contributed by atoms with Gasteiger partial charge in [-0.1, -0.05) is 18.2 Å². The van der Waals surface area contributed by atoms with Crippen molar-refractivity contribution in [1.29, 1.82) is 0 Å². The maximum absolute atomic E-state index is 12.8. The molecule has 148 valence electrons. The second-order valence-corrected chi connectivity index (χ2v) is 6.30. The predicted octanol–water partition coefficient (Wildman–Crippen LogP) is 2.13. The zero-order chi connectivity index (χ0) is 21.0. The minimum Gasteiger partial charge on any atom is -0.466 e. The van der Waals surface area contributed by atoms with Gasteiger partial charge in [-0.25, -0.2) is 9.59 Å². The Morgan fingerprint density at radius 1 is 1.21 bits per heavy atom. The van der Waals surface area contributed by atoms with Crippen molar-refractivity contribution in [2.24, 2.45) is 0 Å². The Morgan fingerprint density at radius 2 is 1.86 bits per heavy atom. The van der Waals surface area contributed by atoms with Gasteiger partial charge in [0.05, 0.1) is 40.9 Å². The van der Waals surface area contributed by atoms with Crippen LogP contribution in [0, 0.1) is 10.1 Å². The molecular formula is C19H20N2O7. The normalized spacial score (nSPS) is 16.5. The molecule has 1 N–H and O–H groups in total. The Morgan fingerprint density at radius 3 is 2.39 bits per heavy atom. The van der Waals surface area contributed by atoms with Crippen molar-refractivity contribution in [2.75, 3.05) is 7.11 Å². The first kappa shape index (κ1) is 20.8. The molecule has 9 heteroatoms. The van der Waals surface area contributed by atoms with Crippen LogP contribution in [0.1, 0.15) is 32.3 Å². The van der Waals surface area contributed by atoms with E-state index in [0.29, 0.717) is 6.29 Å². The van der Waals surface area contributed by atoms with Crippen LogP contribution in [0.2, 0.25) is 0 Å². The lowest BCUT2D eigenvalue weighted by Gasteiger charge is -2.29. The van der Waals surface area contributed by atoms with Crippen molar-refractivity contribution in [3.63, 3.8) is 0 Å². The summed E-state index contributed by atoms with van der Waals surface area (Å²) in [5.74, 6) is -2.85. The zero-order valence-corrected chi connectivity index (χ0v) is 15.8. The van der Waals surface area contributed by atoms with Crippen molar-refractivity contribution in [2.45, 2.75) is 32.8 Å². The van der Waals surface area contributed by atoms with Gasteiger partial charge in [-0.15, -0.1) is 0 Å². The number of nitro benzene ring substituents is 1. The maximum Gasteiger partial charge on any atom is 0.337 e. The third-order valence-corrected chi connectivity index (χ3v) is 4.12. The fraction of sp³-hybridized carbons (Fsp3) is 0.316. The summed E-state index contributed by atoms with van der Waals surface area (Å²) in [4.78, 5) is 47.8. The lowest BCUT2D eigenvalue weighted by molar-refractivity contribution is -0.385. The second-order valence-electron chi connectivity index (χ2n) is 6.30. The van der Waals surface area contributed by atoms with Crippen molar-refractivity contribution >= 4 is 23.9 Å². The first-order chi connectivity index (χ1) is 13.2. The minimum atomic E-state index is -1.21. The molecule has 1 atom stereocenters. The summed E-state index contributed by atoms with van der Waals surface area (Å²) >= 11 is 0. The molecule has 0 aliphatic carbocycles. The highest BCUT2D eigenvalue weighted by atomic mass is 16.6. The van der Waals surface area contributed by atoms with E-state index in [9.17, 15) is 24.5 Å². The van der Waals surface area contributed by atoms with Gasteiger partial charge >= 0.3 is 11.9 Å². The Balaban J connectivity index is 2.82. The maximum atomic E-state index is 12.8. The molecule has 0 fully saturated rings. The van der Waals surface area contributed by atoms with Crippen molar-refractivity contribution in [1.82, 2.24) is 5.32 Å². The molecule has 1 heterocycles. The number of esters is 2. The first-order valence-electron chi connectivity index (χ1n) is 8.42. The zero-order valence-electron chi connectivity index (χ0n) is 15.8. The Kier molecular flexibility index (Phi) is 6.29. The van der Waals surface area contributed by atoms with Crippen LogP contribution in [0.3, 0.4) is 0 Å². The highest BCUT2D eigenvalue weighted by Crippen LogP contribution is 2.42. The fourth-order valence-corrected chi connectivity index (χ4v) is 3.04. The lowest BCUT2D eigenvalue weighted by Crippen LogP contribution is -2.34. The summed E-state index contributed by atoms with van der Waals surface area (Å²) < 4.78 is 10.1. The van der Waals surface area contributed by atoms with Crippen molar-refractivity contribution in [3.05, 3.63) is 62.5 Å². The molecule has 0 saturated heterocycles. The smallest absolute Gasteiger partial charge is 0.337 e. The van der Waals surface area contributed by atoms with Gasteiger partial charge in [-0.05, 0) is 20.8 Å². The first-order valence-corrected chi connectivity index (χ1v) is 8.42. The Labute approximate surface area is 161 Å². The average Bonchev–Trinajstić information content (AvgIpc) is 2.65. The molecule has 1 aliphatic heterocycles. The van der Waals surface area contributed by atoms with E-state index in [1.807, 2.05) is 0 Å². The van der Waals surface area contributed by atoms with E-state index in [1.54, 1.807) is 19.9 Å². The van der Waals surface area contributed by atoms with Crippen molar-refractivity contribution < 1.29 is 28.8 Å². The number of para-hydroxylation sites is 1. The predicted molar refractivity (Wildman–Crippen MR) is 98.0 cm³/mol. The number of benzene rings is 1. The number of methoxy groups -OCH3 is 1. The van der Waals surface area contributed by atoms with Crippen LogP contribution < -0.4 is 5.32 Å². The summed E-state index contributed by atoms with van der Waals surface area (Å²) in [6.45, 7) is 4.83. The van der Waals surface area contributed by atoms with Crippen LogP contribution in [0.15, 0.2) is 46.8 Å². The van der Waals surface area contributed by atoms with Gasteiger partial charge in [0.25, 0.3) is 5.69 Å². The Hall–Kier alpha value is -3.49. The number of dihydropyridines is 1. The van der Waals surface area contributed by atoms with Crippen LogP contribution in [0.25, 0.3) is 0 Å². The highest BCUT2D eigenvalue weighted by Gasteiger charge is 2.41. The van der Waals surface area contributed by atoms with Gasteiger partial charge in [0.1, 0.15) is 0 Å². The summed E-state index contributed by atoms with van der Waals surface area (Å²) in [5, 5.41) is 14.3. The lowest BCUT2D eigenvalue weighted by atomic mass is 9.79. The van der Waals surface area contributed by atoms with E-state index in [0.717, 1.165) is 7.11 Å². The molecule has 1 aliphatic rings. The molecule has 9 nitrogen and oxygen atoms in total. The largest absolute Gasteiger partial charge is 0.466 e. The quantitative estimate of drug-likeness (QED) is 0.340. The highest BCUT2D eigenvalue weighted by molar-refractivity contribution is 6.03. The number of nitrogens with zero attached hydrogens (tertiary/aromatic N) is 1. The molecule has 0 radical (unpaired) electrons. The number of hydrogen-bond acceptors (Lipinski definition) is 8. The van der Waals surface area contributed by atoms with Gasteiger partial charge in [-0.2, -0.15) is 0 Å². The van der Waals surface area contributed by atoms with Crippen LogP contribution >= 0.6 is 0 Å². The Bertz CT molecular complexity index is 899.